The first-order valence-electron chi connectivity index (χ1n) is 5.47. The average Bonchev–Trinajstić information content (AvgIpc) is 2.83. The standard InChI is InChI=1S/C11H11ClFN5O/c12-8-5-7(1-2-9(8)13)15-11(19)10-6-18(4-3-14)17-16-10/h1-2,5-6H,3-4,14H2,(H,15,19). The maximum Gasteiger partial charge on any atom is 0.277 e. The summed E-state index contributed by atoms with van der Waals surface area (Å²) in [5.74, 6) is -1.00. The first kappa shape index (κ1) is 13.4. The molecule has 8 heteroatoms. The highest BCUT2D eigenvalue weighted by Gasteiger charge is 2.11. The number of carbonyl (C=O) groups is 1. The normalized spacial score (nSPS) is 10.5. The molecule has 2 aromatic rings. The topological polar surface area (TPSA) is 85.8 Å². The number of halogens is 2. The molecule has 0 atom stereocenters. The Hall–Kier alpha value is -1.99. The summed E-state index contributed by atoms with van der Waals surface area (Å²) in [4.78, 5) is 11.8. The molecule has 0 bridgehead atoms. The number of nitrogens with zero attached hydrogens (tertiary/aromatic N) is 3. The molecule has 0 radical (unpaired) electrons. The number of nitrogens with one attached hydrogen (secondary N) is 1. The number of benzene rings is 1. The van der Waals surface area contributed by atoms with E-state index in [2.05, 4.69) is 15.6 Å². The molecule has 0 spiro atoms. The van der Waals surface area contributed by atoms with Gasteiger partial charge in [-0.05, 0) is 18.2 Å². The maximum absolute atomic E-state index is 13.0. The van der Waals surface area contributed by atoms with Crippen LogP contribution in [0.1, 0.15) is 10.5 Å². The predicted octanol–water partition coefficient (Wildman–Crippen LogP) is 1.28. The third kappa shape index (κ3) is 3.27. The fraction of sp³-hybridized carbons (Fsp3) is 0.182. The van der Waals surface area contributed by atoms with Gasteiger partial charge in [-0.25, -0.2) is 4.39 Å². The molecule has 1 heterocycles. The van der Waals surface area contributed by atoms with E-state index in [0.29, 0.717) is 18.8 Å². The van der Waals surface area contributed by atoms with Gasteiger partial charge in [0.2, 0.25) is 0 Å². The zero-order valence-corrected chi connectivity index (χ0v) is 10.6. The van der Waals surface area contributed by atoms with E-state index >= 15 is 0 Å². The summed E-state index contributed by atoms with van der Waals surface area (Å²) in [6.07, 6.45) is 1.48. The number of nitrogens with two attached hydrogens (primary N) is 1. The molecule has 1 aromatic heterocycles. The van der Waals surface area contributed by atoms with Gasteiger partial charge in [0.05, 0.1) is 17.8 Å². The van der Waals surface area contributed by atoms with Crippen LogP contribution in [0, 0.1) is 5.82 Å². The van der Waals surface area contributed by atoms with Crippen LogP contribution >= 0.6 is 11.6 Å². The molecule has 0 saturated carbocycles. The molecule has 100 valence electrons. The molecule has 0 aliphatic carbocycles. The van der Waals surface area contributed by atoms with E-state index < -0.39 is 11.7 Å². The molecule has 0 aliphatic rings. The van der Waals surface area contributed by atoms with Crippen LogP contribution < -0.4 is 11.1 Å². The van der Waals surface area contributed by atoms with Gasteiger partial charge in [-0.15, -0.1) is 5.10 Å². The Morgan fingerprint density at radius 3 is 3.00 bits per heavy atom. The number of anilines is 1. The number of amides is 1. The van der Waals surface area contributed by atoms with Crippen molar-refractivity contribution in [1.82, 2.24) is 15.0 Å². The zero-order chi connectivity index (χ0) is 13.8. The number of carbonyl (C=O) groups excluding carboxylic acids is 1. The lowest BCUT2D eigenvalue weighted by atomic mass is 10.3. The zero-order valence-electron chi connectivity index (χ0n) is 9.81. The Bertz CT molecular complexity index is 601. The van der Waals surface area contributed by atoms with Gasteiger partial charge in [0.15, 0.2) is 5.69 Å². The third-order valence-corrected chi connectivity index (χ3v) is 2.60. The highest BCUT2D eigenvalue weighted by Crippen LogP contribution is 2.19. The fourth-order valence-electron chi connectivity index (χ4n) is 1.41. The van der Waals surface area contributed by atoms with Crippen LogP contribution in [0.15, 0.2) is 24.4 Å². The molecular formula is C11H11ClFN5O. The molecule has 0 aliphatic heterocycles. The van der Waals surface area contributed by atoms with Crippen molar-refractivity contribution in [2.24, 2.45) is 5.73 Å². The highest BCUT2D eigenvalue weighted by atomic mass is 35.5. The van der Waals surface area contributed by atoms with Gasteiger partial charge in [0.1, 0.15) is 5.82 Å². The Morgan fingerprint density at radius 2 is 2.32 bits per heavy atom. The number of aromatic nitrogens is 3. The molecular weight excluding hydrogens is 273 g/mol. The van der Waals surface area contributed by atoms with Crippen LogP contribution in [-0.2, 0) is 6.54 Å². The largest absolute Gasteiger partial charge is 0.329 e. The first-order chi connectivity index (χ1) is 9.10. The minimum atomic E-state index is -0.548. The molecule has 0 fully saturated rings. The smallest absolute Gasteiger partial charge is 0.277 e. The summed E-state index contributed by atoms with van der Waals surface area (Å²) in [7, 11) is 0. The summed E-state index contributed by atoms with van der Waals surface area (Å²) in [6, 6.07) is 3.89. The van der Waals surface area contributed by atoms with Crippen LogP contribution in [0.5, 0.6) is 0 Å². The summed E-state index contributed by atoms with van der Waals surface area (Å²) in [5, 5.41) is 9.93. The van der Waals surface area contributed by atoms with E-state index in [1.54, 1.807) is 0 Å². The lowest BCUT2D eigenvalue weighted by molar-refractivity contribution is 0.102. The monoisotopic (exact) mass is 283 g/mol. The van der Waals surface area contributed by atoms with Crippen molar-refractivity contribution >= 4 is 23.2 Å². The van der Waals surface area contributed by atoms with Crippen LogP contribution in [0.4, 0.5) is 10.1 Å². The van der Waals surface area contributed by atoms with E-state index in [4.69, 9.17) is 17.3 Å². The highest BCUT2D eigenvalue weighted by molar-refractivity contribution is 6.31. The Balaban J connectivity index is 2.09. The number of hydrogen-bond donors (Lipinski definition) is 2. The lowest BCUT2D eigenvalue weighted by Gasteiger charge is -2.03. The van der Waals surface area contributed by atoms with Gasteiger partial charge < -0.3 is 11.1 Å². The molecule has 6 nitrogen and oxygen atoms in total. The van der Waals surface area contributed by atoms with Crippen LogP contribution in [0.3, 0.4) is 0 Å². The quantitative estimate of drug-likeness (QED) is 0.885. The second-order valence-electron chi connectivity index (χ2n) is 3.74. The number of rotatable bonds is 4. The van der Waals surface area contributed by atoms with Crippen molar-refractivity contribution in [1.29, 1.82) is 0 Å². The minimum absolute atomic E-state index is 0.0652. The predicted molar refractivity (Wildman–Crippen MR) is 68.4 cm³/mol. The molecule has 1 amide bonds. The molecule has 0 saturated heterocycles. The lowest BCUT2D eigenvalue weighted by Crippen LogP contribution is -2.13. The maximum atomic E-state index is 13.0. The molecule has 3 N–H and O–H groups in total. The van der Waals surface area contributed by atoms with Crippen molar-refractivity contribution in [2.45, 2.75) is 6.54 Å². The molecule has 0 unspecified atom stereocenters. The third-order valence-electron chi connectivity index (χ3n) is 2.31. The second kappa shape index (κ2) is 5.77. The molecule has 2 rings (SSSR count). The summed E-state index contributed by atoms with van der Waals surface area (Å²) < 4.78 is 14.4. The van der Waals surface area contributed by atoms with Gasteiger partial charge in [-0.2, -0.15) is 0 Å². The Morgan fingerprint density at radius 1 is 1.53 bits per heavy atom. The minimum Gasteiger partial charge on any atom is -0.329 e. The van der Waals surface area contributed by atoms with Gasteiger partial charge in [-0.1, -0.05) is 16.8 Å². The van der Waals surface area contributed by atoms with Crippen LogP contribution in [0.25, 0.3) is 0 Å². The fourth-order valence-corrected chi connectivity index (χ4v) is 1.59. The summed E-state index contributed by atoms with van der Waals surface area (Å²) >= 11 is 5.62. The van der Waals surface area contributed by atoms with Crippen molar-refractivity contribution in [3.63, 3.8) is 0 Å². The van der Waals surface area contributed by atoms with E-state index in [1.165, 1.54) is 29.1 Å². The van der Waals surface area contributed by atoms with E-state index in [0.717, 1.165) is 0 Å². The van der Waals surface area contributed by atoms with Gasteiger partial charge >= 0.3 is 0 Å². The van der Waals surface area contributed by atoms with E-state index in [1.807, 2.05) is 0 Å². The van der Waals surface area contributed by atoms with E-state index in [-0.39, 0.29) is 10.7 Å². The van der Waals surface area contributed by atoms with Crippen molar-refractivity contribution in [2.75, 3.05) is 11.9 Å². The van der Waals surface area contributed by atoms with Gasteiger partial charge in [0.25, 0.3) is 5.91 Å². The second-order valence-corrected chi connectivity index (χ2v) is 4.15. The van der Waals surface area contributed by atoms with Gasteiger partial charge in [0, 0.05) is 12.2 Å². The summed E-state index contributed by atoms with van der Waals surface area (Å²) in [5.41, 5.74) is 5.89. The van der Waals surface area contributed by atoms with Crippen LogP contribution in [0.2, 0.25) is 5.02 Å². The Kier molecular flexibility index (Phi) is 4.08. The van der Waals surface area contributed by atoms with Gasteiger partial charge in [-0.3, -0.25) is 9.48 Å². The van der Waals surface area contributed by atoms with Crippen molar-refractivity contribution < 1.29 is 9.18 Å². The summed E-state index contributed by atoms with van der Waals surface area (Å²) in [6.45, 7) is 0.876. The molecule has 1 aromatic carbocycles. The number of hydrogen-bond acceptors (Lipinski definition) is 4. The Labute approximate surface area is 113 Å². The SMILES string of the molecule is NCCn1cc(C(=O)Nc2ccc(F)c(Cl)c2)nn1. The molecule has 19 heavy (non-hydrogen) atoms. The van der Waals surface area contributed by atoms with Crippen molar-refractivity contribution in [3.05, 3.63) is 40.9 Å². The van der Waals surface area contributed by atoms with E-state index in [9.17, 15) is 9.18 Å². The van der Waals surface area contributed by atoms with Crippen LogP contribution in [-0.4, -0.2) is 27.4 Å². The van der Waals surface area contributed by atoms with Crippen molar-refractivity contribution in [3.8, 4) is 0 Å². The first-order valence-corrected chi connectivity index (χ1v) is 5.84. The average molecular weight is 284 g/mol.